The third-order valence-corrected chi connectivity index (χ3v) is 2.95. The highest BCUT2D eigenvalue weighted by Gasteiger charge is 2.14. The molecule has 0 aliphatic carbocycles. The quantitative estimate of drug-likeness (QED) is 0.609. The summed E-state index contributed by atoms with van der Waals surface area (Å²) in [5.41, 5.74) is 5.66. The Hall–Kier alpha value is -1.06. The highest BCUT2D eigenvalue weighted by atomic mass is 16.6. The van der Waals surface area contributed by atoms with E-state index in [0.29, 0.717) is 6.61 Å². The number of rotatable bonds is 5. The second-order valence-corrected chi connectivity index (χ2v) is 4.08. The van der Waals surface area contributed by atoms with Gasteiger partial charge < -0.3 is 9.74 Å². The first-order valence-electron chi connectivity index (χ1n) is 6.09. The van der Waals surface area contributed by atoms with E-state index in [9.17, 15) is 0 Å². The maximum atomic E-state index is 5.19. The molecule has 0 amide bonds. The Morgan fingerprint density at radius 2 is 2.00 bits per heavy atom. The van der Waals surface area contributed by atoms with Gasteiger partial charge in [-0.25, -0.2) is 0 Å². The topological polar surface area (TPSA) is 24.5 Å². The largest absolute Gasteiger partial charge is 0.371 e. The molecule has 0 atom stereocenters. The van der Waals surface area contributed by atoms with Crippen molar-refractivity contribution < 1.29 is 4.84 Å². The lowest BCUT2D eigenvalue weighted by Crippen LogP contribution is -2.21. The summed E-state index contributed by atoms with van der Waals surface area (Å²) in [7, 11) is 0. The highest BCUT2D eigenvalue weighted by Crippen LogP contribution is 2.24. The van der Waals surface area contributed by atoms with Crippen LogP contribution in [0.5, 0.6) is 0 Å². The summed E-state index contributed by atoms with van der Waals surface area (Å²) >= 11 is 0. The summed E-state index contributed by atoms with van der Waals surface area (Å²) in [6.07, 6.45) is 2.63. The monoisotopic (exact) mass is 220 g/mol. The second kappa shape index (κ2) is 5.87. The van der Waals surface area contributed by atoms with Gasteiger partial charge >= 0.3 is 0 Å². The van der Waals surface area contributed by atoms with E-state index >= 15 is 0 Å². The molecule has 0 radical (unpaired) electrons. The van der Waals surface area contributed by atoms with Crippen molar-refractivity contribution in [3.8, 4) is 0 Å². The zero-order valence-electron chi connectivity index (χ0n) is 9.91. The zero-order valence-corrected chi connectivity index (χ0v) is 9.91. The van der Waals surface area contributed by atoms with Crippen molar-refractivity contribution in [1.82, 2.24) is 5.48 Å². The van der Waals surface area contributed by atoms with Gasteiger partial charge in [0.25, 0.3) is 0 Å². The van der Waals surface area contributed by atoms with Gasteiger partial charge in [-0.2, -0.15) is 5.48 Å². The second-order valence-electron chi connectivity index (χ2n) is 4.08. The van der Waals surface area contributed by atoms with Crippen molar-refractivity contribution in [2.75, 3.05) is 24.6 Å². The molecule has 3 nitrogen and oxygen atoms in total. The van der Waals surface area contributed by atoms with Crippen LogP contribution in [0, 0.1) is 0 Å². The van der Waals surface area contributed by atoms with Gasteiger partial charge in [-0.3, -0.25) is 0 Å². The Balaban J connectivity index is 2.04. The van der Waals surface area contributed by atoms with E-state index in [2.05, 4.69) is 34.6 Å². The molecule has 1 aliphatic rings. The molecule has 16 heavy (non-hydrogen) atoms. The number of nitrogens with zero attached hydrogens (tertiary/aromatic N) is 1. The maximum Gasteiger partial charge on any atom is 0.0654 e. The number of anilines is 1. The van der Waals surface area contributed by atoms with Crippen molar-refractivity contribution in [2.24, 2.45) is 0 Å². The molecule has 0 bridgehead atoms. The van der Waals surface area contributed by atoms with Crippen molar-refractivity contribution in [3.05, 3.63) is 29.8 Å². The Kier molecular flexibility index (Phi) is 4.19. The van der Waals surface area contributed by atoms with Gasteiger partial charge in [-0.15, -0.1) is 0 Å². The number of hydrogen-bond donors (Lipinski definition) is 1. The number of para-hydroxylation sites is 1. The summed E-state index contributed by atoms with van der Waals surface area (Å²) in [5.74, 6) is 0. The van der Waals surface area contributed by atoms with Gasteiger partial charge in [0.05, 0.1) is 6.61 Å². The molecule has 0 saturated carbocycles. The van der Waals surface area contributed by atoms with Crippen LogP contribution in [0.1, 0.15) is 25.3 Å². The number of hydroxylamine groups is 1. The minimum atomic E-state index is 0.700. The number of hydrogen-bond acceptors (Lipinski definition) is 3. The fourth-order valence-electron chi connectivity index (χ4n) is 2.16. The van der Waals surface area contributed by atoms with E-state index in [4.69, 9.17) is 4.84 Å². The molecule has 1 aromatic rings. The van der Waals surface area contributed by atoms with Crippen LogP contribution in [-0.4, -0.2) is 19.7 Å². The summed E-state index contributed by atoms with van der Waals surface area (Å²) in [5, 5.41) is 0. The lowest BCUT2D eigenvalue weighted by atomic mass is 10.1. The molecule has 3 heteroatoms. The lowest BCUT2D eigenvalue weighted by Gasteiger charge is -2.21. The van der Waals surface area contributed by atoms with E-state index in [-0.39, 0.29) is 0 Å². The van der Waals surface area contributed by atoms with E-state index in [0.717, 1.165) is 6.54 Å². The third kappa shape index (κ3) is 2.74. The van der Waals surface area contributed by atoms with E-state index in [1.54, 1.807) is 0 Å². The standard InChI is InChI=1S/C13H20N2O/c1-2-16-14-11-12-7-3-4-8-13(12)15-9-5-6-10-15/h3-4,7-8,14H,2,5-6,9-11H2,1H3. The summed E-state index contributed by atoms with van der Waals surface area (Å²) in [6.45, 7) is 5.84. The predicted octanol–water partition coefficient (Wildman–Crippen LogP) is 2.33. The smallest absolute Gasteiger partial charge is 0.0654 e. The van der Waals surface area contributed by atoms with Crippen molar-refractivity contribution in [1.29, 1.82) is 0 Å². The molecule has 2 rings (SSSR count). The van der Waals surface area contributed by atoms with Gasteiger partial charge in [0.15, 0.2) is 0 Å². The Bertz CT molecular complexity index is 321. The first-order valence-corrected chi connectivity index (χ1v) is 6.09. The molecule has 1 heterocycles. The van der Waals surface area contributed by atoms with Crippen LogP contribution in [0.4, 0.5) is 5.69 Å². The normalized spacial score (nSPS) is 15.7. The molecule has 1 N–H and O–H groups in total. The Morgan fingerprint density at radius 3 is 2.75 bits per heavy atom. The molecule has 0 unspecified atom stereocenters. The van der Waals surface area contributed by atoms with Gasteiger partial charge in [0.1, 0.15) is 0 Å². The average Bonchev–Trinajstić information content (AvgIpc) is 2.83. The first-order chi connectivity index (χ1) is 7.92. The van der Waals surface area contributed by atoms with Crippen LogP contribution in [-0.2, 0) is 11.4 Å². The van der Waals surface area contributed by atoms with E-state index in [1.165, 1.54) is 37.2 Å². The Morgan fingerprint density at radius 1 is 1.25 bits per heavy atom. The van der Waals surface area contributed by atoms with Crippen molar-refractivity contribution in [2.45, 2.75) is 26.3 Å². The van der Waals surface area contributed by atoms with Crippen LogP contribution in [0.25, 0.3) is 0 Å². The van der Waals surface area contributed by atoms with E-state index in [1.807, 2.05) is 6.92 Å². The number of benzene rings is 1. The minimum absolute atomic E-state index is 0.700. The van der Waals surface area contributed by atoms with Crippen LogP contribution < -0.4 is 10.4 Å². The van der Waals surface area contributed by atoms with E-state index < -0.39 is 0 Å². The minimum Gasteiger partial charge on any atom is -0.371 e. The fraction of sp³-hybridized carbons (Fsp3) is 0.538. The van der Waals surface area contributed by atoms with Crippen molar-refractivity contribution >= 4 is 5.69 Å². The summed E-state index contributed by atoms with van der Waals surface area (Å²) in [4.78, 5) is 7.65. The molecule has 88 valence electrons. The molecule has 1 saturated heterocycles. The van der Waals surface area contributed by atoms with Crippen LogP contribution >= 0.6 is 0 Å². The number of nitrogens with one attached hydrogen (secondary N) is 1. The van der Waals surface area contributed by atoms with Gasteiger partial charge in [-0.1, -0.05) is 18.2 Å². The lowest BCUT2D eigenvalue weighted by molar-refractivity contribution is 0.0464. The average molecular weight is 220 g/mol. The predicted molar refractivity (Wildman–Crippen MR) is 66.4 cm³/mol. The molecule has 0 spiro atoms. The molecule has 1 aromatic carbocycles. The van der Waals surface area contributed by atoms with Gasteiger partial charge in [-0.05, 0) is 31.4 Å². The van der Waals surface area contributed by atoms with Crippen molar-refractivity contribution in [3.63, 3.8) is 0 Å². The third-order valence-electron chi connectivity index (χ3n) is 2.95. The molecular weight excluding hydrogens is 200 g/mol. The van der Waals surface area contributed by atoms with Crippen LogP contribution in [0.3, 0.4) is 0 Å². The summed E-state index contributed by atoms with van der Waals surface area (Å²) < 4.78 is 0. The highest BCUT2D eigenvalue weighted by molar-refractivity contribution is 5.54. The fourth-order valence-corrected chi connectivity index (χ4v) is 2.16. The van der Waals surface area contributed by atoms with Crippen LogP contribution in [0.2, 0.25) is 0 Å². The SMILES string of the molecule is CCONCc1ccccc1N1CCCC1. The maximum absolute atomic E-state index is 5.19. The van der Waals surface area contributed by atoms with Gasteiger partial charge in [0.2, 0.25) is 0 Å². The molecule has 0 aromatic heterocycles. The Labute approximate surface area is 97.4 Å². The molecule has 1 fully saturated rings. The molecular formula is C13H20N2O. The van der Waals surface area contributed by atoms with Crippen LogP contribution in [0.15, 0.2) is 24.3 Å². The zero-order chi connectivity index (χ0) is 11.2. The first kappa shape index (κ1) is 11.4. The molecule has 1 aliphatic heterocycles. The van der Waals surface area contributed by atoms with Gasteiger partial charge in [0, 0.05) is 25.3 Å². The summed E-state index contributed by atoms with van der Waals surface area (Å²) in [6, 6.07) is 8.56.